The number of carbonyl (C=O) groups excluding carboxylic acids is 2. The van der Waals surface area contributed by atoms with E-state index in [1.807, 2.05) is 55.5 Å². The highest BCUT2D eigenvalue weighted by Gasteiger charge is 2.15. The highest BCUT2D eigenvalue weighted by atomic mass is 16.5. The molecule has 0 bridgehead atoms. The number of rotatable bonds is 6. The molecule has 0 saturated heterocycles. The van der Waals surface area contributed by atoms with Gasteiger partial charge in [-0.15, -0.1) is 0 Å². The van der Waals surface area contributed by atoms with E-state index >= 15 is 0 Å². The zero-order valence-electron chi connectivity index (χ0n) is 17.9. The van der Waals surface area contributed by atoms with Crippen LogP contribution in [0.1, 0.15) is 24.2 Å². The van der Waals surface area contributed by atoms with Crippen molar-refractivity contribution in [3.05, 3.63) is 84.4 Å². The number of fused-ring (bicyclic) bond motifs is 1. The predicted octanol–water partition coefficient (Wildman–Crippen LogP) is 5.51. The van der Waals surface area contributed by atoms with E-state index in [-0.39, 0.29) is 11.8 Å². The number of carbonyl (C=O) groups is 2. The fourth-order valence-corrected chi connectivity index (χ4v) is 3.46. The van der Waals surface area contributed by atoms with Crippen LogP contribution >= 0.6 is 0 Å². The van der Waals surface area contributed by atoms with E-state index in [2.05, 4.69) is 10.6 Å². The second-order valence-corrected chi connectivity index (χ2v) is 7.25. The third-order valence-electron chi connectivity index (χ3n) is 4.86. The highest BCUT2D eigenvalue weighted by Crippen LogP contribution is 2.28. The Kier molecular flexibility index (Phi) is 6.12. The van der Waals surface area contributed by atoms with Gasteiger partial charge in [-0.2, -0.15) is 0 Å². The second kappa shape index (κ2) is 9.31. The first kappa shape index (κ1) is 21.1. The van der Waals surface area contributed by atoms with Gasteiger partial charge in [0, 0.05) is 29.2 Å². The first-order chi connectivity index (χ1) is 15.5. The molecule has 0 spiro atoms. The van der Waals surface area contributed by atoms with Gasteiger partial charge in [-0.25, -0.2) is 4.98 Å². The Labute approximate surface area is 186 Å². The van der Waals surface area contributed by atoms with Gasteiger partial charge in [0.1, 0.15) is 5.75 Å². The maximum atomic E-state index is 13.2. The van der Waals surface area contributed by atoms with E-state index in [1.165, 1.54) is 6.92 Å². The van der Waals surface area contributed by atoms with Gasteiger partial charge in [-0.3, -0.25) is 9.59 Å². The van der Waals surface area contributed by atoms with Gasteiger partial charge >= 0.3 is 0 Å². The van der Waals surface area contributed by atoms with Crippen LogP contribution in [0.5, 0.6) is 5.75 Å². The average Bonchev–Trinajstić information content (AvgIpc) is 2.79. The standard InChI is InChI=1S/C26H23N3O3/c1-3-32-21-8-6-7-18(15-21)25-16-23(22-9-4-5-10-24(22)29-25)26(31)28-20-13-11-19(12-14-20)27-17(2)30/h4-16H,3H2,1-2H3,(H,27,30)(H,28,31). The number of nitrogens with zero attached hydrogens (tertiary/aromatic N) is 1. The van der Waals surface area contributed by atoms with Crippen molar-refractivity contribution in [3.8, 4) is 17.0 Å². The summed E-state index contributed by atoms with van der Waals surface area (Å²) in [7, 11) is 0. The first-order valence-corrected chi connectivity index (χ1v) is 10.4. The van der Waals surface area contributed by atoms with Gasteiger partial charge in [0.25, 0.3) is 5.91 Å². The highest BCUT2D eigenvalue weighted by molar-refractivity contribution is 6.13. The summed E-state index contributed by atoms with van der Waals surface area (Å²) in [6.45, 7) is 3.96. The van der Waals surface area contributed by atoms with Crippen molar-refractivity contribution in [1.82, 2.24) is 4.98 Å². The minimum atomic E-state index is -0.238. The molecule has 0 unspecified atom stereocenters. The molecule has 0 aliphatic rings. The molecule has 0 aliphatic heterocycles. The molecule has 1 aromatic heterocycles. The molecular formula is C26H23N3O3. The lowest BCUT2D eigenvalue weighted by Gasteiger charge is -2.12. The molecule has 4 aromatic rings. The zero-order valence-corrected chi connectivity index (χ0v) is 17.9. The number of pyridine rings is 1. The Hall–Kier alpha value is -4.19. The zero-order chi connectivity index (χ0) is 22.5. The molecule has 0 radical (unpaired) electrons. The van der Waals surface area contributed by atoms with E-state index in [0.717, 1.165) is 22.2 Å². The van der Waals surface area contributed by atoms with Crippen LogP contribution in [0.3, 0.4) is 0 Å². The van der Waals surface area contributed by atoms with Gasteiger partial charge in [0.15, 0.2) is 0 Å². The van der Waals surface area contributed by atoms with Crippen molar-refractivity contribution in [2.45, 2.75) is 13.8 Å². The fraction of sp³-hybridized carbons (Fsp3) is 0.115. The summed E-state index contributed by atoms with van der Waals surface area (Å²) in [4.78, 5) is 29.2. The van der Waals surface area contributed by atoms with Crippen LogP contribution < -0.4 is 15.4 Å². The van der Waals surface area contributed by atoms with Crippen molar-refractivity contribution in [2.24, 2.45) is 0 Å². The quantitative estimate of drug-likeness (QED) is 0.427. The van der Waals surface area contributed by atoms with Crippen molar-refractivity contribution in [3.63, 3.8) is 0 Å². The van der Waals surface area contributed by atoms with E-state index in [1.54, 1.807) is 30.3 Å². The largest absolute Gasteiger partial charge is 0.494 e. The second-order valence-electron chi connectivity index (χ2n) is 7.25. The molecular weight excluding hydrogens is 402 g/mol. The number of anilines is 2. The molecule has 0 atom stereocenters. The summed E-state index contributed by atoms with van der Waals surface area (Å²) in [5.74, 6) is 0.370. The van der Waals surface area contributed by atoms with Gasteiger partial charge in [-0.05, 0) is 55.5 Å². The Balaban J connectivity index is 1.69. The number of hydrogen-bond acceptors (Lipinski definition) is 4. The Morgan fingerprint density at radius 1 is 0.875 bits per heavy atom. The number of nitrogens with one attached hydrogen (secondary N) is 2. The maximum Gasteiger partial charge on any atom is 0.256 e. The fourth-order valence-electron chi connectivity index (χ4n) is 3.46. The average molecular weight is 425 g/mol. The lowest BCUT2D eigenvalue weighted by Crippen LogP contribution is -2.13. The molecule has 1 heterocycles. The van der Waals surface area contributed by atoms with E-state index in [9.17, 15) is 9.59 Å². The molecule has 2 amide bonds. The van der Waals surface area contributed by atoms with Crippen molar-refractivity contribution < 1.29 is 14.3 Å². The van der Waals surface area contributed by atoms with Crippen LogP contribution in [0.2, 0.25) is 0 Å². The molecule has 32 heavy (non-hydrogen) atoms. The number of benzene rings is 3. The van der Waals surface area contributed by atoms with Crippen molar-refractivity contribution >= 4 is 34.1 Å². The van der Waals surface area contributed by atoms with Crippen LogP contribution in [-0.4, -0.2) is 23.4 Å². The molecule has 160 valence electrons. The summed E-state index contributed by atoms with van der Waals surface area (Å²) in [5.41, 5.74) is 4.12. The number of hydrogen-bond donors (Lipinski definition) is 2. The topological polar surface area (TPSA) is 80.3 Å². The minimum Gasteiger partial charge on any atom is -0.494 e. The van der Waals surface area contributed by atoms with Crippen molar-refractivity contribution in [1.29, 1.82) is 0 Å². The van der Waals surface area contributed by atoms with E-state index in [4.69, 9.17) is 9.72 Å². The minimum absolute atomic E-state index is 0.147. The number of amides is 2. The molecule has 0 saturated carbocycles. The molecule has 4 rings (SSSR count). The molecule has 3 aromatic carbocycles. The van der Waals surface area contributed by atoms with E-state index < -0.39 is 0 Å². The van der Waals surface area contributed by atoms with Crippen LogP contribution in [0.4, 0.5) is 11.4 Å². The molecule has 6 nitrogen and oxygen atoms in total. The van der Waals surface area contributed by atoms with Crippen LogP contribution in [0.15, 0.2) is 78.9 Å². The summed E-state index contributed by atoms with van der Waals surface area (Å²) >= 11 is 0. The lowest BCUT2D eigenvalue weighted by molar-refractivity contribution is -0.114. The Bertz CT molecular complexity index is 1280. The van der Waals surface area contributed by atoms with Crippen LogP contribution in [0, 0.1) is 0 Å². The Morgan fingerprint density at radius 2 is 1.59 bits per heavy atom. The first-order valence-electron chi connectivity index (χ1n) is 10.4. The normalized spacial score (nSPS) is 10.6. The molecule has 0 aliphatic carbocycles. The third kappa shape index (κ3) is 4.75. The summed E-state index contributed by atoms with van der Waals surface area (Å²) in [6, 6.07) is 24.0. The summed E-state index contributed by atoms with van der Waals surface area (Å²) in [5, 5.41) is 6.42. The summed E-state index contributed by atoms with van der Waals surface area (Å²) < 4.78 is 5.61. The molecule has 0 fully saturated rings. The third-order valence-corrected chi connectivity index (χ3v) is 4.86. The van der Waals surface area contributed by atoms with Crippen LogP contribution in [-0.2, 0) is 4.79 Å². The number of para-hydroxylation sites is 1. The smallest absolute Gasteiger partial charge is 0.256 e. The van der Waals surface area contributed by atoms with E-state index in [0.29, 0.717) is 29.2 Å². The number of ether oxygens (including phenoxy) is 1. The monoisotopic (exact) mass is 425 g/mol. The van der Waals surface area contributed by atoms with Gasteiger partial charge in [0.05, 0.1) is 23.4 Å². The predicted molar refractivity (Wildman–Crippen MR) is 127 cm³/mol. The van der Waals surface area contributed by atoms with Crippen molar-refractivity contribution in [2.75, 3.05) is 17.2 Å². The lowest BCUT2D eigenvalue weighted by atomic mass is 10.0. The summed E-state index contributed by atoms with van der Waals surface area (Å²) in [6.07, 6.45) is 0. The van der Waals surface area contributed by atoms with Gasteiger partial charge in [-0.1, -0.05) is 30.3 Å². The molecule has 6 heteroatoms. The van der Waals surface area contributed by atoms with Gasteiger partial charge in [0.2, 0.25) is 5.91 Å². The number of aromatic nitrogens is 1. The van der Waals surface area contributed by atoms with Gasteiger partial charge < -0.3 is 15.4 Å². The SMILES string of the molecule is CCOc1cccc(-c2cc(C(=O)Nc3ccc(NC(C)=O)cc3)c3ccccc3n2)c1. The molecule has 2 N–H and O–H groups in total. The van der Waals surface area contributed by atoms with Crippen LogP contribution in [0.25, 0.3) is 22.2 Å². The Morgan fingerprint density at radius 3 is 2.31 bits per heavy atom. The maximum absolute atomic E-state index is 13.2.